The van der Waals surface area contributed by atoms with Crippen LogP contribution < -0.4 is 5.32 Å². The van der Waals surface area contributed by atoms with Crippen LogP contribution in [-0.4, -0.2) is 36.6 Å². The van der Waals surface area contributed by atoms with E-state index in [4.69, 9.17) is 0 Å². The van der Waals surface area contributed by atoms with Gasteiger partial charge >= 0.3 is 0 Å². The van der Waals surface area contributed by atoms with Gasteiger partial charge < -0.3 is 5.32 Å². The number of rotatable bonds is 5. The van der Waals surface area contributed by atoms with Gasteiger partial charge in [-0.3, -0.25) is 4.90 Å². The Morgan fingerprint density at radius 3 is 2.67 bits per heavy atom. The van der Waals surface area contributed by atoms with Gasteiger partial charge in [0.25, 0.3) is 0 Å². The van der Waals surface area contributed by atoms with Crippen LogP contribution in [-0.2, 0) is 0 Å². The standard InChI is InChI=1S/C16H28N2/c1-2-16(10-17-15-5-6-15)18(7-1)11-14-9-12-3-4-13(14)8-12/h12-17H,1-11H2. The summed E-state index contributed by atoms with van der Waals surface area (Å²) in [6.45, 7) is 4.08. The van der Waals surface area contributed by atoms with Crippen molar-refractivity contribution in [3.05, 3.63) is 0 Å². The van der Waals surface area contributed by atoms with Gasteiger partial charge in [-0.25, -0.2) is 0 Å². The molecule has 4 atom stereocenters. The van der Waals surface area contributed by atoms with Gasteiger partial charge in [0, 0.05) is 25.2 Å². The summed E-state index contributed by atoms with van der Waals surface area (Å²) < 4.78 is 0. The molecule has 0 aromatic rings. The van der Waals surface area contributed by atoms with Crippen LogP contribution in [0.25, 0.3) is 0 Å². The third-order valence-corrected chi connectivity index (χ3v) is 6.07. The van der Waals surface area contributed by atoms with Crippen LogP contribution in [0.1, 0.15) is 51.4 Å². The van der Waals surface area contributed by atoms with E-state index in [-0.39, 0.29) is 0 Å². The molecule has 102 valence electrons. The van der Waals surface area contributed by atoms with E-state index in [1.54, 1.807) is 25.7 Å². The lowest BCUT2D eigenvalue weighted by Crippen LogP contribution is -2.41. The van der Waals surface area contributed by atoms with Gasteiger partial charge in [0.05, 0.1) is 0 Å². The van der Waals surface area contributed by atoms with Crippen LogP contribution in [0.15, 0.2) is 0 Å². The topological polar surface area (TPSA) is 15.3 Å². The summed E-state index contributed by atoms with van der Waals surface area (Å²) in [4.78, 5) is 2.83. The van der Waals surface area contributed by atoms with Crippen LogP contribution in [0.2, 0.25) is 0 Å². The maximum atomic E-state index is 3.75. The molecule has 4 rings (SSSR count). The Morgan fingerprint density at radius 2 is 1.94 bits per heavy atom. The third kappa shape index (κ3) is 2.34. The Morgan fingerprint density at radius 1 is 1.00 bits per heavy atom. The molecule has 0 radical (unpaired) electrons. The number of nitrogens with zero attached hydrogens (tertiary/aromatic N) is 1. The van der Waals surface area contributed by atoms with Gasteiger partial charge in [0.2, 0.25) is 0 Å². The first-order chi connectivity index (χ1) is 8.88. The van der Waals surface area contributed by atoms with Gasteiger partial charge in [-0.1, -0.05) is 6.42 Å². The summed E-state index contributed by atoms with van der Waals surface area (Å²) in [5.41, 5.74) is 0. The Bertz CT molecular complexity index is 299. The zero-order valence-corrected chi connectivity index (χ0v) is 11.6. The number of hydrogen-bond acceptors (Lipinski definition) is 2. The lowest BCUT2D eigenvalue weighted by atomic mass is 9.88. The van der Waals surface area contributed by atoms with Gasteiger partial charge in [-0.15, -0.1) is 0 Å². The zero-order valence-electron chi connectivity index (χ0n) is 11.6. The molecule has 1 aliphatic heterocycles. The highest BCUT2D eigenvalue weighted by molar-refractivity contribution is 4.94. The lowest BCUT2D eigenvalue weighted by molar-refractivity contribution is 0.175. The van der Waals surface area contributed by atoms with Crippen LogP contribution >= 0.6 is 0 Å². The maximum Gasteiger partial charge on any atom is 0.0221 e. The van der Waals surface area contributed by atoms with E-state index in [9.17, 15) is 0 Å². The lowest BCUT2D eigenvalue weighted by Gasteiger charge is -2.31. The van der Waals surface area contributed by atoms with Crippen molar-refractivity contribution in [3.63, 3.8) is 0 Å². The monoisotopic (exact) mass is 248 g/mol. The highest BCUT2D eigenvalue weighted by Crippen LogP contribution is 2.48. The average Bonchev–Trinajstić information content (AvgIpc) is 2.79. The molecule has 0 spiro atoms. The second kappa shape index (κ2) is 4.79. The van der Waals surface area contributed by atoms with Gasteiger partial charge in [0.15, 0.2) is 0 Å². The minimum atomic E-state index is 0.865. The second-order valence-corrected chi connectivity index (χ2v) is 7.41. The number of hydrogen-bond donors (Lipinski definition) is 1. The summed E-state index contributed by atoms with van der Waals surface area (Å²) in [6.07, 6.45) is 12.0. The van der Waals surface area contributed by atoms with Gasteiger partial charge in [0.1, 0.15) is 0 Å². The normalized spacial score (nSPS) is 44.0. The van der Waals surface area contributed by atoms with Crippen LogP contribution in [0.4, 0.5) is 0 Å². The summed E-state index contributed by atoms with van der Waals surface area (Å²) >= 11 is 0. The fourth-order valence-corrected chi connectivity index (χ4v) is 4.86. The molecule has 1 heterocycles. The zero-order chi connectivity index (χ0) is 11.9. The Balaban J connectivity index is 1.29. The number of nitrogens with one attached hydrogen (secondary N) is 1. The Labute approximate surface area is 111 Å². The molecule has 2 bridgehead atoms. The number of likely N-dealkylation sites (tertiary alicyclic amines) is 1. The Kier molecular flexibility index (Phi) is 3.12. The molecule has 3 saturated carbocycles. The van der Waals surface area contributed by atoms with Crippen LogP contribution in [0.5, 0.6) is 0 Å². The molecule has 3 aliphatic carbocycles. The first kappa shape index (κ1) is 11.7. The molecule has 2 heteroatoms. The molecular weight excluding hydrogens is 220 g/mol. The average molecular weight is 248 g/mol. The van der Waals surface area contributed by atoms with E-state index in [1.807, 2.05) is 0 Å². The minimum absolute atomic E-state index is 0.865. The van der Waals surface area contributed by atoms with Crippen molar-refractivity contribution < 1.29 is 0 Å². The second-order valence-electron chi connectivity index (χ2n) is 7.41. The molecule has 1 N–H and O–H groups in total. The fraction of sp³-hybridized carbons (Fsp3) is 1.00. The number of fused-ring (bicyclic) bond motifs is 2. The van der Waals surface area contributed by atoms with Crippen LogP contribution in [0.3, 0.4) is 0 Å². The molecule has 1 saturated heterocycles. The van der Waals surface area contributed by atoms with Crippen molar-refractivity contribution in [2.45, 2.75) is 63.5 Å². The first-order valence-corrected chi connectivity index (χ1v) is 8.36. The fourth-order valence-electron chi connectivity index (χ4n) is 4.86. The maximum absolute atomic E-state index is 3.75. The summed E-state index contributed by atoms with van der Waals surface area (Å²) in [6, 6.07) is 1.75. The quantitative estimate of drug-likeness (QED) is 0.804. The van der Waals surface area contributed by atoms with E-state index < -0.39 is 0 Å². The predicted molar refractivity (Wildman–Crippen MR) is 74.6 cm³/mol. The molecule has 0 aromatic carbocycles. The van der Waals surface area contributed by atoms with E-state index >= 15 is 0 Å². The van der Waals surface area contributed by atoms with Crippen molar-refractivity contribution in [2.75, 3.05) is 19.6 Å². The highest BCUT2D eigenvalue weighted by atomic mass is 15.2. The van der Waals surface area contributed by atoms with E-state index in [0.29, 0.717) is 0 Å². The van der Waals surface area contributed by atoms with Crippen LogP contribution in [0, 0.1) is 17.8 Å². The first-order valence-electron chi connectivity index (χ1n) is 8.36. The van der Waals surface area contributed by atoms with Crippen molar-refractivity contribution in [1.29, 1.82) is 0 Å². The predicted octanol–water partition coefficient (Wildman–Crippen LogP) is 2.64. The third-order valence-electron chi connectivity index (χ3n) is 6.07. The molecule has 4 fully saturated rings. The van der Waals surface area contributed by atoms with E-state index in [1.165, 1.54) is 45.3 Å². The minimum Gasteiger partial charge on any atom is -0.312 e. The van der Waals surface area contributed by atoms with Crippen molar-refractivity contribution >= 4 is 0 Å². The SMILES string of the molecule is C1CC(CNC2CC2)N(CC2CC3CCC2C3)C1. The van der Waals surface area contributed by atoms with Gasteiger partial charge in [-0.05, 0) is 69.2 Å². The summed E-state index contributed by atoms with van der Waals surface area (Å²) in [7, 11) is 0. The van der Waals surface area contributed by atoms with E-state index in [2.05, 4.69) is 10.2 Å². The molecule has 18 heavy (non-hydrogen) atoms. The smallest absolute Gasteiger partial charge is 0.0221 e. The summed E-state index contributed by atoms with van der Waals surface area (Å²) in [5, 5.41) is 3.75. The van der Waals surface area contributed by atoms with E-state index in [0.717, 1.165) is 29.8 Å². The Hall–Kier alpha value is -0.0800. The molecular formula is C16H28N2. The summed E-state index contributed by atoms with van der Waals surface area (Å²) in [5.74, 6) is 3.28. The van der Waals surface area contributed by atoms with Crippen molar-refractivity contribution in [3.8, 4) is 0 Å². The van der Waals surface area contributed by atoms with Crippen molar-refractivity contribution in [1.82, 2.24) is 10.2 Å². The molecule has 0 amide bonds. The van der Waals surface area contributed by atoms with Crippen molar-refractivity contribution in [2.24, 2.45) is 17.8 Å². The molecule has 4 unspecified atom stereocenters. The largest absolute Gasteiger partial charge is 0.312 e. The highest BCUT2D eigenvalue weighted by Gasteiger charge is 2.41. The molecule has 2 nitrogen and oxygen atoms in total. The van der Waals surface area contributed by atoms with Gasteiger partial charge in [-0.2, -0.15) is 0 Å². The molecule has 4 aliphatic rings. The molecule has 0 aromatic heterocycles.